The minimum atomic E-state index is -0.0497. The number of nitrogens with zero attached hydrogens (tertiary/aromatic N) is 4. The maximum atomic E-state index is 12.5. The molecule has 0 spiro atoms. The van der Waals surface area contributed by atoms with Crippen molar-refractivity contribution in [2.24, 2.45) is 5.92 Å². The van der Waals surface area contributed by atoms with Crippen molar-refractivity contribution in [2.75, 3.05) is 25.1 Å². The topological polar surface area (TPSA) is 80.2 Å². The summed E-state index contributed by atoms with van der Waals surface area (Å²) in [5.41, 5.74) is 0.967. The summed E-state index contributed by atoms with van der Waals surface area (Å²) >= 11 is 0. The van der Waals surface area contributed by atoms with Gasteiger partial charge in [-0.1, -0.05) is 0 Å². The lowest BCUT2D eigenvalue weighted by Crippen LogP contribution is -2.43. The molecule has 1 aliphatic rings. The Morgan fingerprint density at radius 1 is 1.33 bits per heavy atom. The molecule has 1 fully saturated rings. The minimum Gasteiger partial charge on any atom is -0.481 e. The van der Waals surface area contributed by atoms with Crippen molar-refractivity contribution in [2.45, 2.75) is 19.4 Å². The number of pyridine rings is 1. The Hall–Kier alpha value is -2.70. The summed E-state index contributed by atoms with van der Waals surface area (Å²) in [6.45, 7) is 2.00. The van der Waals surface area contributed by atoms with Crippen LogP contribution in [-0.4, -0.2) is 41.1 Å². The van der Waals surface area contributed by atoms with E-state index in [0.29, 0.717) is 24.9 Å². The van der Waals surface area contributed by atoms with Crippen LogP contribution in [0.15, 0.2) is 36.8 Å². The molecule has 0 unspecified atom stereocenters. The molecule has 1 N–H and O–H groups in total. The normalized spacial score (nSPS) is 17.4. The third-order valence-corrected chi connectivity index (χ3v) is 4.10. The fourth-order valence-corrected chi connectivity index (χ4v) is 2.83. The van der Waals surface area contributed by atoms with E-state index in [1.165, 1.54) is 0 Å². The van der Waals surface area contributed by atoms with Crippen LogP contribution in [0.3, 0.4) is 0 Å². The standard InChI is InChI=1S/C17H21N5O2/c1-24-15-10-13(5-8-18-15)11-21-16(23)14-4-2-9-22(12-14)17-19-6-3-7-20-17/h3,5-8,10,14H,2,4,9,11-12H2,1H3,(H,21,23)/t14-/m0/s1. The number of hydrogen-bond acceptors (Lipinski definition) is 6. The van der Waals surface area contributed by atoms with Gasteiger partial charge in [0.2, 0.25) is 17.7 Å². The Morgan fingerprint density at radius 2 is 2.17 bits per heavy atom. The third kappa shape index (κ3) is 3.98. The predicted octanol–water partition coefficient (Wildman–Crippen LogP) is 1.41. The Balaban J connectivity index is 1.56. The van der Waals surface area contributed by atoms with Crippen molar-refractivity contribution in [1.82, 2.24) is 20.3 Å². The molecule has 3 heterocycles. The summed E-state index contributed by atoms with van der Waals surface area (Å²) < 4.78 is 5.10. The highest BCUT2D eigenvalue weighted by atomic mass is 16.5. The number of nitrogens with one attached hydrogen (secondary N) is 1. The van der Waals surface area contributed by atoms with Crippen LogP contribution in [0.5, 0.6) is 5.88 Å². The Kier molecular flexibility index (Phi) is 5.20. The van der Waals surface area contributed by atoms with Gasteiger partial charge in [0.1, 0.15) is 0 Å². The van der Waals surface area contributed by atoms with Crippen molar-refractivity contribution in [1.29, 1.82) is 0 Å². The first-order valence-corrected chi connectivity index (χ1v) is 8.05. The van der Waals surface area contributed by atoms with Gasteiger partial charge in [0.05, 0.1) is 13.0 Å². The van der Waals surface area contributed by atoms with E-state index in [0.717, 1.165) is 24.9 Å². The zero-order chi connectivity index (χ0) is 16.8. The molecule has 0 bridgehead atoms. The highest BCUT2D eigenvalue weighted by molar-refractivity contribution is 5.79. The van der Waals surface area contributed by atoms with E-state index in [9.17, 15) is 4.79 Å². The van der Waals surface area contributed by atoms with Crippen LogP contribution in [0.25, 0.3) is 0 Å². The fraction of sp³-hybridized carbons (Fsp3) is 0.412. The first-order chi connectivity index (χ1) is 11.8. The Morgan fingerprint density at radius 3 is 2.96 bits per heavy atom. The largest absolute Gasteiger partial charge is 0.481 e. The van der Waals surface area contributed by atoms with Crippen molar-refractivity contribution in [3.05, 3.63) is 42.4 Å². The second-order valence-corrected chi connectivity index (χ2v) is 5.76. The van der Waals surface area contributed by atoms with Gasteiger partial charge in [-0.25, -0.2) is 15.0 Å². The SMILES string of the molecule is COc1cc(CNC(=O)[C@H]2CCCN(c3ncccn3)C2)ccn1. The molecular weight excluding hydrogens is 306 g/mol. The molecule has 1 atom stereocenters. The maximum absolute atomic E-state index is 12.5. The number of hydrogen-bond donors (Lipinski definition) is 1. The minimum absolute atomic E-state index is 0.0497. The van der Waals surface area contributed by atoms with Crippen LogP contribution in [0.4, 0.5) is 5.95 Å². The number of amides is 1. The lowest BCUT2D eigenvalue weighted by molar-refractivity contribution is -0.125. The van der Waals surface area contributed by atoms with Crippen molar-refractivity contribution in [3.8, 4) is 5.88 Å². The summed E-state index contributed by atoms with van der Waals surface area (Å²) in [6.07, 6.45) is 6.97. The van der Waals surface area contributed by atoms with Crippen LogP contribution in [0.1, 0.15) is 18.4 Å². The van der Waals surface area contributed by atoms with Crippen LogP contribution < -0.4 is 15.0 Å². The molecule has 0 aliphatic carbocycles. The summed E-state index contributed by atoms with van der Waals surface area (Å²) in [5.74, 6) is 1.25. The van der Waals surface area contributed by atoms with Gasteiger partial charge in [-0.05, 0) is 30.5 Å². The van der Waals surface area contributed by atoms with Crippen molar-refractivity contribution < 1.29 is 9.53 Å². The molecule has 2 aromatic rings. The number of rotatable bonds is 5. The van der Waals surface area contributed by atoms with Gasteiger partial charge in [0.15, 0.2) is 0 Å². The lowest BCUT2D eigenvalue weighted by Gasteiger charge is -2.31. The average molecular weight is 327 g/mol. The predicted molar refractivity (Wildman–Crippen MR) is 89.6 cm³/mol. The van der Waals surface area contributed by atoms with E-state index >= 15 is 0 Å². The highest BCUT2D eigenvalue weighted by Gasteiger charge is 2.26. The van der Waals surface area contributed by atoms with Gasteiger partial charge in [-0.15, -0.1) is 0 Å². The second-order valence-electron chi connectivity index (χ2n) is 5.76. The Bertz CT molecular complexity index is 680. The highest BCUT2D eigenvalue weighted by Crippen LogP contribution is 2.20. The molecule has 0 radical (unpaired) electrons. The molecule has 7 nitrogen and oxygen atoms in total. The van der Waals surface area contributed by atoms with E-state index in [1.54, 1.807) is 31.8 Å². The van der Waals surface area contributed by atoms with Crippen LogP contribution >= 0.6 is 0 Å². The molecular formula is C17H21N5O2. The number of methoxy groups -OCH3 is 1. The smallest absolute Gasteiger partial charge is 0.225 e. The molecule has 7 heteroatoms. The molecule has 126 valence electrons. The molecule has 1 saturated heterocycles. The Labute approximate surface area is 141 Å². The lowest BCUT2D eigenvalue weighted by atomic mass is 9.97. The number of anilines is 1. The van der Waals surface area contributed by atoms with Crippen molar-refractivity contribution >= 4 is 11.9 Å². The van der Waals surface area contributed by atoms with Crippen molar-refractivity contribution in [3.63, 3.8) is 0 Å². The molecule has 1 aliphatic heterocycles. The van der Waals surface area contributed by atoms with Gasteiger partial charge in [-0.3, -0.25) is 4.79 Å². The number of piperidine rings is 1. The number of carbonyl (C=O) groups excluding carboxylic acids is 1. The maximum Gasteiger partial charge on any atom is 0.225 e. The molecule has 2 aromatic heterocycles. The van der Waals surface area contributed by atoms with Gasteiger partial charge in [0, 0.05) is 44.3 Å². The fourth-order valence-electron chi connectivity index (χ4n) is 2.83. The molecule has 24 heavy (non-hydrogen) atoms. The van der Waals surface area contributed by atoms with E-state index in [2.05, 4.69) is 25.2 Å². The summed E-state index contributed by atoms with van der Waals surface area (Å²) in [5, 5.41) is 3.00. The van der Waals surface area contributed by atoms with E-state index < -0.39 is 0 Å². The van der Waals surface area contributed by atoms with E-state index in [4.69, 9.17) is 4.74 Å². The monoisotopic (exact) mass is 327 g/mol. The van der Waals surface area contributed by atoms with E-state index in [-0.39, 0.29) is 11.8 Å². The third-order valence-electron chi connectivity index (χ3n) is 4.10. The van der Waals surface area contributed by atoms with Crippen LogP contribution in [0.2, 0.25) is 0 Å². The summed E-state index contributed by atoms with van der Waals surface area (Å²) in [6, 6.07) is 5.49. The first-order valence-electron chi connectivity index (χ1n) is 8.05. The second kappa shape index (κ2) is 7.72. The number of ether oxygens (including phenoxy) is 1. The zero-order valence-electron chi connectivity index (χ0n) is 13.7. The quantitative estimate of drug-likeness (QED) is 0.894. The zero-order valence-corrected chi connectivity index (χ0v) is 13.7. The van der Waals surface area contributed by atoms with Crippen LogP contribution in [0, 0.1) is 5.92 Å². The van der Waals surface area contributed by atoms with Gasteiger partial charge in [-0.2, -0.15) is 0 Å². The first kappa shape index (κ1) is 16.2. The van der Waals surface area contributed by atoms with Gasteiger partial charge >= 0.3 is 0 Å². The summed E-state index contributed by atoms with van der Waals surface area (Å²) in [7, 11) is 1.58. The molecule has 0 saturated carbocycles. The number of aromatic nitrogens is 3. The molecule has 1 amide bonds. The van der Waals surface area contributed by atoms with Gasteiger partial charge in [0.25, 0.3) is 0 Å². The molecule has 3 rings (SSSR count). The van der Waals surface area contributed by atoms with Gasteiger partial charge < -0.3 is 15.0 Å². The number of carbonyl (C=O) groups is 1. The van der Waals surface area contributed by atoms with Crippen LogP contribution in [-0.2, 0) is 11.3 Å². The summed E-state index contributed by atoms with van der Waals surface area (Å²) in [4.78, 5) is 27.2. The molecule has 0 aromatic carbocycles. The van der Waals surface area contributed by atoms with E-state index in [1.807, 2.05) is 12.1 Å². The average Bonchev–Trinajstić information content (AvgIpc) is 2.67.